The Kier molecular flexibility index (Phi) is 7.32. The highest BCUT2D eigenvalue weighted by atomic mass is 31.2. The molecule has 3 atom stereocenters. The molecule has 1 saturated heterocycles. The molecule has 180 valence electrons. The van der Waals surface area contributed by atoms with Gasteiger partial charge in [0.25, 0.3) is 0 Å². The standard InChI is InChI=1S/C21H25N6O6P/c1-3-30-34(29,31-4-2)11-10-15-12-16(33-21(28)14-8-6-5-7-9-14)20(32-15)27-19-17(25-26-27)18(22)23-13-24-19/h5-11,13,15-16,20H,3-4,12H2,1-2H3,(H2,22,23,24)/b11-10+/t15-,16-,20-/m1/s1. The van der Waals surface area contributed by atoms with Crippen LogP contribution in [0.1, 0.15) is 36.9 Å². The molecule has 0 radical (unpaired) electrons. The van der Waals surface area contributed by atoms with Gasteiger partial charge in [0.05, 0.1) is 24.9 Å². The van der Waals surface area contributed by atoms with Gasteiger partial charge in [-0.1, -0.05) is 23.4 Å². The van der Waals surface area contributed by atoms with E-state index in [-0.39, 0.29) is 25.5 Å². The lowest BCUT2D eigenvalue weighted by molar-refractivity contribution is -0.0447. The van der Waals surface area contributed by atoms with Gasteiger partial charge < -0.3 is 24.3 Å². The van der Waals surface area contributed by atoms with Crippen LogP contribution in [-0.4, -0.2) is 56.4 Å². The van der Waals surface area contributed by atoms with E-state index in [0.29, 0.717) is 16.7 Å². The van der Waals surface area contributed by atoms with Gasteiger partial charge in [-0.05, 0) is 32.1 Å². The normalized spacial score (nSPS) is 20.8. The number of fused-ring (bicyclic) bond motifs is 1. The van der Waals surface area contributed by atoms with E-state index in [2.05, 4.69) is 20.3 Å². The molecule has 2 aromatic heterocycles. The highest BCUT2D eigenvalue weighted by Crippen LogP contribution is 2.50. The molecule has 0 spiro atoms. The molecule has 12 nitrogen and oxygen atoms in total. The van der Waals surface area contributed by atoms with E-state index in [1.165, 1.54) is 16.8 Å². The van der Waals surface area contributed by atoms with Gasteiger partial charge in [-0.15, -0.1) is 5.10 Å². The zero-order valence-electron chi connectivity index (χ0n) is 18.7. The molecule has 0 bridgehead atoms. The highest BCUT2D eigenvalue weighted by Gasteiger charge is 2.41. The number of hydrogen-bond donors (Lipinski definition) is 1. The fraction of sp³-hybridized carbons (Fsp3) is 0.381. The lowest BCUT2D eigenvalue weighted by Crippen LogP contribution is -2.26. The van der Waals surface area contributed by atoms with Crippen molar-refractivity contribution in [3.05, 3.63) is 54.1 Å². The van der Waals surface area contributed by atoms with E-state index >= 15 is 0 Å². The maximum absolute atomic E-state index is 12.8. The summed E-state index contributed by atoms with van der Waals surface area (Å²) < 4.78 is 36.7. The largest absolute Gasteiger partial charge is 0.454 e. The van der Waals surface area contributed by atoms with Crippen LogP contribution in [-0.2, 0) is 23.1 Å². The number of benzene rings is 1. The first kappa shape index (κ1) is 24.0. The fourth-order valence-electron chi connectivity index (χ4n) is 3.53. The molecule has 3 aromatic rings. The minimum Gasteiger partial charge on any atom is -0.454 e. The summed E-state index contributed by atoms with van der Waals surface area (Å²) >= 11 is 0. The van der Waals surface area contributed by atoms with Crippen molar-refractivity contribution < 1.29 is 27.9 Å². The first-order valence-corrected chi connectivity index (χ1v) is 12.4. The van der Waals surface area contributed by atoms with Gasteiger partial charge in [0.1, 0.15) is 6.33 Å². The summed E-state index contributed by atoms with van der Waals surface area (Å²) in [5, 5.41) is 8.14. The summed E-state index contributed by atoms with van der Waals surface area (Å²) in [7, 11) is -3.43. The molecule has 0 amide bonds. The van der Waals surface area contributed by atoms with Crippen molar-refractivity contribution in [2.45, 2.75) is 38.7 Å². The SMILES string of the molecule is CCOP(=O)(/C=C/[C@@H]1C[C@@H](OC(=O)c2ccccc2)[C@H](n2nnc3c(N)ncnc32)O1)OCC. The second-order valence-corrected chi connectivity index (χ2v) is 9.19. The van der Waals surface area contributed by atoms with Gasteiger partial charge in [0, 0.05) is 12.2 Å². The molecule has 1 aliphatic rings. The van der Waals surface area contributed by atoms with E-state index in [1.807, 2.05) is 0 Å². The second-order valence-electron chi connectivity index (χ2n) is 7.29. The molecule has 1 aliphatic heterocycles. The molecule has 1 fully saturated rings. The van der Waals surface area contributed by atoms with Crippen LogP contribution in [0.5, 0.6) is 0 Å². The predicted molar refractivity (Wildman–Crippen MR) is 122 cm³/mol. The number of ether oxygens (including phenoxy) is 2. The number of carbonyl (C=O) groups excluding carboxylic acids is 1. The Morgan fingerprint density at radius 1 is 1.24 bits per heavy atom. The van der Waals surface area contributed by atoms with Crippen molar-refractivity contribution in [2.24, 2.45) is 0 Å². The maximum atomic E-state index is 12.8. The van der Waals surface area contributed by atoms with Crippen molar-refractivity contribution in [3.8, 4) is 0 Å². The van der Waals surface area contributed by atoms with E-state index in [9.17, 15) is 9.36 Å². The Labute approximate surface area is 195 Å². The molecule has 13 heteroatoms. The van der Waals surface area contributed by atoms with Crippen LogP contribution in [0, 0.1) is 0 Å². The smallest absolute Gasteiger partial charge is 0.353 e. The first-order chi connectivity index (χ1) is 16.4. The molecule has 4 rings (SSSR count). The third kappa shape index (κ3) is 5.15. The topological polar surface area (TPSA) is 154 Å². The van der Waals surface area contributed by atoms with Gasteiger partial charge in [0.15, 0.2) is 29.3 Å². The van der Waals surface area contributed by atoms with Crippen LogP contribution in [0.4, 0.5) is 5.82 Å². The first-order valence-electron chi connectivity index (χ1n) is 10.7. The quantitative estimate of drug-likeness (QED) is 0.349. The number of anilines is 1. The zero-order valence-corrected chi connectivity index (χ0v) is 19.6. The van der Waals surface area contributed by atoms with Gasteiger partial charge in [-0.25, -0.2) is 14.8 Å². The third-order valence-electron chi connectivity index (χ3n) is 5.00. The van der Waals surface area contributed by atoms with Gasteiger partial charge in [-0.3, -0.25) is 4.57 Å². The molecule has 0 saturated carbocycles. The maximum Gasteiger partial charge on any atom is 0.353 e. The number of hydrogen-bond acceptors (Lipinski definition) is 11. The number of rotatable bonds is 9. The fourth-order valence-corrected chi connectivity index (χ4v) is 4.90. The molecule has 3 heterocycles. The average Bonchev–Trinajstić information content (AvgIpc) is 3.43. The predicted octanol–water partition coefficient (Wildman–Crippen LogP) is 3.10. The number of carbonyl (C=O) groups is 1. The van der Waals surface area contributed by atoms with E-state index in [4.69, 9.17) is 24.3 Å². The molecule has 0 unspecified atom stereocenters. The van der Waals surface area contributed by atoms with Crippen LogP contribution in [0.2, 0.25) is 0 Å². The van der Waals surface area contributed by atoms with Gasteiger partial charge >= 0.3 is 13.6 Å². The molecule has 0 aliphatic carbocycles. The minimum atomic E-state index is -3.43. The van der Waals surface area contributed by atoms with Crippen LogP contribution in [0.15, 0.2) is 48.6 Å². The van der Waals surface area contributed by atoms with E-state index < -0.39 is 32.0 Å². The van der Waals surface area contributed by atoms with Crippen molar-refractivity contribution in [1.29, 1.82) is 0 Å². The Bertz CT molecular complexity index is 1210. The molecule has 2 N–H and O–H groups in total. The third-order valence-corrected chi connectivity index (χ3v) is 6.77. The van der Waals surface area contributed by atoms with Crippen LogP contribution < -0.4 is 5.73 Å². The van der Waals surface area contributed by atoms with Crippen molar-refractivity contribution in [2.75, 3.05) is 18.9 Å². The Hall–Kier alpha value is -3.18. The Balaban J connectivity index is 1.62. The lowest BCUT2D eigenvalue weighted by Gasteiger charge is -2.19. The molecular weight excluding hydrogens is 463 g/mol. The van der Waals surface area contributed by atoms with Crippen molar-refractivity contribution in [3.63, 3.8) is 0 Å². The minimum absolute atomic E-state index is 0.165. The number of nitrogen functional groups attached to an aromatic ring is 1. The lowest BCUT2D eigenvalue weighted by atomic mass is 10.2. The molecular formula is C21H25N6O6P. The van der Waals surface area contributed by atoms with E-state index in [1.54, 1.807) is 50.3 Å². The van der Waals surface area contributed by atoms with Gasteiger partial charge in [-0.2, -0.15) is 4.68 Å². The van der Waals surface area contributed by atoms with Gasteiger partial charge in [0.2, 0.25) is 0 Å². The summed E-state index contributed by atoms with van der Waals surface area (Å²) in [6.07, 6.45) is 0.945. The second kappa shape index (κ2) is 10.4. The highest BCUT2D eigenvalue weighted by molar-refractivity contribution is 7.57. The number of nitrogens with zero attached hydrogens (tertiary/aromatic N) is 5. The molecule has 34 heavy (non-hydrogen) atoms. The van der Waals surface area contributed by atoms with Crippen LogP contribution in [0.25, 0.3) is 11.2 Å². The van der Waals surface area contributed by atoms with Crippen molar-refractivity contribution in [1.82, 2.24) is 25.0 Å². The van der Waals surface area contributed by atoms with Crippen molar-refractivity contribution >= 4 is 30.5 Å². The summed E-state index contributed by atoms with van der Waals surface area (Å²) in [6, 6.07) is 8.61. The number of nitrogens with two attached hydrogens (primary N) is 1. The number of esters is 1. The average molecular weight is 488 g/mol. The monoisotopic (exact) mass is 488 g/mol. The van der Waals surface area contributed by atoms with Crippen LogP contribution >= 0.6 is 7.60 Å². The molecule has 1 aromatic carbocycles. The summed E-state index contributed by atoms with van der Waals surface area (Å²) in [5.74, 6) is 1.01. The summed E-state index contributed by atoms with van der Waals surface area (Å²) in [4.78, 5) is 20.9. The Morgan fingerprint density at radius 2 is 1.97 bits per heavy atom. The zero-order chi connectivity index (χ0) is 24.1. The summed E-state index contributed by atoms with van der Waals surface area (Å²) in [6.45, 7) is 3.90. The number of aromatic nitrogens is 5. The van der Waals surface area contributed by atoms with E-state index in [0.717, 1.165) is 0 Å². The van der Waals surface area contributed by atoms with Crippen LogP contribution in [0.3, 0.4) is 0 Å². The Morgan fingerprint density at radius 3 is 2.68 bits per heavy atom. The summed E-state index contributed by atoms with van der Waals surface area (Å²) in [5.41, 5.74) is 6.90.